The molecule has 10 nitrogen and oxygen atoms in total. The Morgan fingerprint density at radius 1 is 1.03 bits per heavy atom. The van der Waals surface area contributed by atoms with Gasteiger partial charge in [0.15, 0.2) is 5.96 Å². The summed E-state index contributed by atoms with van der Waals surface area (Å²) in [7, 11) is 0. The third-order valence-electron chi connectivity index (χ3n) is 5.60. The number of aliphatic imine (C=N–C) groups is 1. The normalized spacial score (nSPS) is 21.6. The average molecular weight is 408 g/mol. The second-order valence-electron chi connectivity index (χ2n) is 7.64. The fourth-order valence-electron chi connectivity index (χ4n) is 3.92. The van der Waals surface area contributed by atoms with Gasteiger partial charge in [0.25, 0.3) is 0 Å². The monoisotopic (exact) mass is 407 g/mol. The van der Waals surface area contributed by atoms with Gasteiger partial charge in [0.05, 0.1) is 26.2 Å². The van der Waals surface area contributed by atoms with Crippen molar-refractivity contribution in [3.8, 4) is 0 Å². The van der Waals surface area contributed by atoms with Crippen LogP contribution in [0.3, 0.4) is 0 Å². The molecule has 3 aliphatic heterocycles. The van der Waals surface area contributed by atoms with Crippen LogP contribution in [0.25, 0.3) is 0 Å². The number of amides is 4. The van der Waals surface area contributed by atoms with Gasteiger partial charge in [0.2, 0.25) is 11.8 Å². The van der Waals surface area contributed by atoms with Gasteiger partial charge < -0.3 is 20.4 Å². The summed E-state index contributed by atoms with van der Waals surface area (Å²) < 4.78 is 0. The molecule has 3 rings (SSSR count). The standard InChI is InChI=1S/C19H33N7O3/c1-2-20-18(21-6-9-26-16(27)14-22-19(26)29)25-12-10-23(11-13-25)15-17(28)24-7-4-3-5-8-24/h2-15H2,1H3,(H,20,21)(H,22,29). The highest BCUT2D eigenvalue weighted by atomic mass is 16.2. The van der Waals surface area contributed by atoms with Gasteiger partial charge in [0.1, 0.15) is 0 Å². The number of imide groups is 1. The second-order valence-corrected chi connectivity index (χ2v) is 7.64. The zero-order valence-corrected chi connectivity index (χ0v) is 17.4. The molecule has 0 aromatic heterocycles. The molecular weight excluding hydrogens is 374 g/mol. The lowest BCUT2D eigenvalue weighted by Gasteiger charge is -2.37. The minimum absolute atomic E-state index is 0.0702. The maximum absolute atomic E-state index is 12.5. The second kappa shape index (κ2) is 10.4. The Balaban J connectivity index is 1.45. The highest BCUT2D eigenvalue weighted by molar-refractivity contribution is 6.01. The smallest absolute Gasteiger partial charge is 0.324 e. The number of hydrogen-bond acceptors (Lipinski definition) is 5. The number of piperazine rings is 1. The fraction of sp³-hybridized carbons (Fsp3) is 0.789. The van der Waals surface area contributed by atoms with Gasteiger partial charge in [-0.25, -0.2) is 4.79 Å². The van der Waals surface area contributed by atoms with E-state index in [1.165, 1.54) is 11.3 Å². The Bertz CT molecular complexity index is 609. The van der Waals surface area contributed by atoms with E-state index in [1.807, 2.05) is 11.8 Å². The lowest BCUT2D eigenvalue weighted by Crippen LogP contribution is -2.54. The number of nitrogens with zero attached hydrogens (tertiary/aromatic N) is 5. The van der Waals surface area contributed by atoms with Crippen molar-refractivity contribution in [1.29, 1.82) is 0 Å². The molecule has 29 heavy (non-hydrogen) atoms. The Morgan fingerprint density at radius 2 is 1.76 bits per heavy atom. The van der Waals surface area contributed by atoms with Crippen LogP contribution in [0.15, 0.2) is 4.99 Å². The highest BCUT2D eigenvalue weighted by Crippen LogP contribution is 2.10. The zero-order chi connectivity index (χ0) is 20.6. The molecular formula is C19H33N7O3. The Morgan fingerprint density at radius 3 is 2.38 bits per heavy atom. The van der Waals surface area contributed by atoms with E-state index >= 15 is 0 Å². The van der Waals surface area contributed by atoms with Crippen LogP contribution in [-0.2, 0) is 9.59 Å². The number of likely N-dealkylation sites (tertiary alicyclic amines) is 1. The summed E-state index contributed by atoms with van der Waals surface area (Å²) in [5.41, 5.74) is 0. The van der Waals surface area contributed by atoms with E-state index < -0.39 is 0 Å². The zero-order valence-electron chi connectivity index (χ0n) is 17.4. The number of carbonyl (C=O) groups excluding carboxylic acids is 3. The Hall–Kier alpha value is -2.36. The molecule has 0 aromatic carbocycles. The summed E-state index contributed by atoms with van der Waals surface area (Å²) in [4.78, 5) is 47.9. The van der Waals surface area contributed by atoms with E-state index in [9.17, 15) is 14.4 Å². The molecule has 3 saturated heterocycles. The molecule has 2 N–H and O–H groups in total. The highest BCUT2D eigenvalue weighted by Gasteiger charge is 2.28. The Kier molecular flexibility index (Phi) is 7.68. The number of carbonyl (C=O) groups is 3. The van der Waals surface area contributed by atoms with Gasteiger partial charge in [-0.05, 0) is 26.2 Å². The van der Waals surface area contributed by atoms with E-state index in [0.717, 1.165) is 64.6 Å². The predicted molar refractivity (Wildman–Crippen MR) is 110 cm³/mol. The molecule has 10 heteroatoms. The molecule has 0 atom stereocenters. The van der Waals surface area contributed by atoms with Crippen LogP contribution in [0.1, 0.15) is 26.2 Å². The molecule has 0 saturated carbocycles. The maximum atomic E-state index is 12.5. The number of piperidine rings is 1. The fourth-order valence-corrected chi connectivity index (χ4v) is 3.92. The summed E-state index contributed by atoms with van der Waals surface area (Å²) in [6.07, 6.45) is 3.46. The SMILES string of the molecule is CCNC(=NCCN1C(=O)CNC1=O)N1CCN(CC(=O)N2CCCCC2)CC1. The first kappa shape index (κ1) is 21.4. The van der Waals surface area contributed by atoms with Crippen molar-refractivity contribution in [3.05, 3.63) is 0 Å². The van der Waals surface area contributed by atoms with Crippen LogP contribution < -0.4 is 10.6 Å². The lowest BCUT2D eigenvalue weighted by molar-refractivity contribution is -0.133. The van der Waals surface area contributed by atoms with Crippen molar-refractivity contribution in [1.82, 2.24) is 30.2 Å². The summed E-state index contributed by atoms with van der Waals surface area (Å²) >= 11 is 0. The van der Waals surface area contributed by atoms with Gasteiger partial charge >= 0.3 is 6.03 Å². The summed E-state index contributed by atoms with van der Waals surface area (Å²) in [5.74, 6) is 0.830. The number of urea groups is 1. The van der Waals surface area contributed by atoms with Crippen LogP contribution >= 0.6 is 0 Å². The average Bonchev–Trinajstić information content (AvgIpc) is 3.06. The maximum Gasteiger partial charge on any atom is 0.324 e. The first-order valence-corrected chi connectivity index (χ1v) is 10.7. The van der Waals surface area contributed by atoms with E-state index in [1.54, 1.807) is 0 Å². The molecule has 0 aliphatic carbocycles. The Labute approximate surface area is 172 Å². The molecule has 3 aliphatic rings. The van der Waals surface area contributed by atoms with Gasteiger partial charge in [-0.3, -0.25) is 24.4 Å². The first-order chi connectivity index (χ1) is 14.1. The minimum Gasteiger partial charge on any atom is -0.357 e. The molecule has 3 heterocycles. The molecule has 3 fully saturated rings. The largest absolute Gasteiger partial charge is 0.357 e. The van der Waals surface area contributed by atoms with Gasteiger partial charge in [-0.1, -0.05) is 0 Å². The van der Waals surface area contributed by atoms with Crippen LogP contribution in [0.5, 0.6) is 0 Å². The number of rotatable bonds is 6. The number of nitrogens with one attached hydrogen (secondary N) is 2. The van der Waals surface area contributed by atoms with Gasteiger partial charge in [0, 0.05) is 45.8 Å². The van der Waals surface area contributed by atoms with Crippen molar-refractivity contribution in [2.75, 3.05) is 72.0 Å². The van der Waals surface area contributed by atoms with E-state index in [2.05, 4.69) is 25.4 Å². The van der Waals surface area contributed by atoms with E-state index in [0.29, 0.717) is 13.1 Å². The molecule has 0 aromatic rings. The van der Waals surface area contributed by atoms with Gasteiger partial charge in [-0.2, -0.15) is 0 Å². The summed E-state index contributed by atoms with van der Waals surface area (Å²) in [6, 6.07) is -0.345. The van der Waals surface area contributed by atoms with E-state index in [-0.39, 0.29) is 30.9 Å². The van der Waals surface area contributed by atoms with Crippen LogP contribution in [0, 0.1) is 0 Å². The van der Waals surface area contributed by atoms with Gasteiger partial charge in [-0.15, -0.1) is 0 Å². The number of hydrogen-bond donors (Lipinski definition) is 2. The predicted octanol–water partition coefficient (Wildman–Crippen LogP) is -0.866. The van der Waals surface area contributed by atoms with Crippen molar-refractivity contribution >= 4 is 23.8 Å². The third kappa shape index (κ3) is 5.81. The van der Waals surface area contributed by atoms with Crippen molar-refractivity contribution in [2.45, 2.75) is 26.2 Å². The quantitative estimate of drug-likeness (QED) is 0.337. The van der Waals surface area contributed by atoms with Crippen molar-refractivity contribution in [2.24, 2.45) is 4.99 Å². The van der Waals surface area contributed by atoms with E-state index in [4.69, 9.17) is 0 Å². The number of guanidine groups is 1. The van der Waals surface area contributed by atoms with Crippen LogP contribution in [-0.4, -0.2) is 115 Å². The molecule has 0 bridgehead atoms. The minimum atomic E-state index is -0.345. The summed E-state index contributed by atoms with van der Waals surface area (Å²) in [5, 5.41) is 5.80. The third-order valence-corrected chi connectivity index (χ3v) is 5.60. The molecule has 0 unspecified atom stereocenters. The van der Waals surface area contributed by atoms with Crippen molar-refractivity contribution in [3.63, 3.8) is 0 Å². The summed E-state index contributed by atoms with van der Waals surface area (Å²) in [6.45, 7) is 8.99. The van der Waals surface area contributed by atoms with Crippen LogP contribution in [0.4, 0.5) is 4.79 Å². The topological polar surface area (TPSA) is 101 Å². The molecule has 0 radical (unpaired) electrons. The van der Waals surface area contributed by atoms with Crippen molar-refractivity contribution < 1.29 is 14.4 Å². The molecule has 162 valence electrons. The van der Waals surface area contributed by atoms with Crippen LogP contribution in [0.2, 0.25) is 0 Å². The lowest BCUT2D eigenvalue weighted by atomic mass is 10.1. The molecule has 0 spiro atoms. The molecule has 4 amide bonds. The first-order valence-electron chi connectivity index (χ1n) is 10.7.